The summed E-state index contributed by atoms with van der Waals surface area (Å²) in [6, 6.07) is 39.6. The van der Waals surface area contributed by atoms with Gasteiger partial charge in [-0.2, -0.15) is 22.9 Å². The largest absolute Gasteiger partial charge is 2.00 e. The Kier molecular flexibility index (Phi) is 16.9. The van der Waals surface area contributed by atoms with E-state index in [0.717, 1.165) is 98.0 Å². The van der Waals surface area contributed by atoms with Crippen LogP contribution in [0.25, 0.3) is 50.3 Å². The van der Waals surface area contributed by atoms with E-state index in [1.807, 2.05) is 47.2 Å². The molecule has 66 heavy (non-hydrogen) atoms. The molecule has 0 atom stereocenters. The molecule has 0 N–H and O–H groups in total. The first-order chi connectivity index (χ1) is 30.8. The number of hydrogen-bond donors (Lipinski definition) is 0. The smallest absolute Gasteiger partial charge is 0.502 e. The first kappa shape index (κ1) is 50.3. The minimum Gasteiger partial charge on any atom is -0.502 e. The molecule has 0 aliphatic heterocycles. The minimum atomic E-state index is 0. The second kappa shape index (κ2) is 22.1. The van der Waals surface area contributed by atoms with Gasteiger partial charge in [0.15, 0.2) is 0 Å². The molecule has 0 amide bonds. The molecule has 8 nitrogen and oxygen atoms in total. The van der Waals surface area contributed by atoms with E-state index >= 15 is 0 Å². The van der Waals surface area contributed by atoms with Gasteiger partial charge in [0.2, 0.25) is 0 Å². The number of fused-ring (bicyclic) bond motifs is 3. The molecule has 0 fully saturated rings. The van der Waals surface area contributed by atoms with Crippen molar-refractivity contribution in [3.63, 3.8) is 0 Å². The van der Waals surface area contributed by atoms with Crippen LogP contribution in [0.3, 0.4) is 0 Å². The van der Waals surface area contributed by atoms with E-state index in [1.54, 1.807) is 12.4 Å². The predicted octanol–water partition coefficient (Wildman–Crippen LogP) is 13.8. The summed E-state index contributed by atoms with van der Waals surface area (Å²) in [5.41, 5.74) is 9.99. The van der Waals surface area contributed by atoms with E-state index in [0.29, 0.717) is 52.6 Å². The molecule has 0 aliphatic carbocycles. The zero-order valence-electron chi connectivity index (χ0n) is 39.5. The van der Waals surface area contributed by atoms with Crippen molar-refractivity contribution < 1.29 is 50.3 Å². The zero-order chi connectivity index (χ0) is 45.1. The number of nitrogens with zero attached hydrogens (tertiary/aromatic N) is 6. The maximum absolute atomic E-state index is 7.07. The first-order valence-corrected chi connectivity index (χ1v) is 22.8. The molecule has 0 radical (unpaired) electrons. The minimum absolute atomic E-state index is 0. The Hall–Kier alpha value is -5.09. The molecule has 8 aromatic rings. The van der Waals surface area contributed by atoms with E-state index in [1.165, 1.54) is 0 Å². The van der Waals surface area contributed by atoms with Crippen LogP contribution in [0.15, 0.2) is 91.4 Å². The molecule has 344 valence electrons. The number of ether oxygens (including phenoxy) is 2. The first-order valence-electron chi connectivity index (χ1n) is 22.8. The van der Waals surface area contributed by atoms with Gasteiger partial charge in [0.05, 0.1) is 11.9 Å². The van der Waals surface area contributed by atoms with Crippen LogP contribution < -0.4 is 9.47 Å². The summed E-state index contributed by atoms with van der Waals surface area (Å²) >= 11 is 0. The Morgan fingerprint density at radius 1 is 0.485 bits per heavy atom. The summed E-state index contributed by atoms with van der Waals surface area (Å²) in [6.45, 7) is 22.0. The molecule has 4 heterocycles. The fraction of sp³-hybridized carbons (Fsp3) is 0.339. The van der Waals surface area contributed by atoms with Crippen LogP contribution in [0.4, 0.5) is 0 Å². The van der Waals surface area contributed by atoms with Gasteiger partial charge in [-0.15, -0.1) is 68.8 Å². The van der Waals surface area contributed by atoms with Gasteiger partial charge < -0.3 is 24.0 Å². The van der Waals surface area contributed by atoms with Crippen molar-refractivity contribution in [2.24, 2.45) is 23.7 Å². The van der Waals surface area contributed by atoms with E-state index in [4.69, 9.17) is 19.6 Å². The maximum Gasteiger partial charge on any atom is 2.00 e. The second-order valence-electron chi connectivity index (χ2n) is 18.9. The Morgan fingerprint density at radius 3 is 1.27 bits per heavy atom. The second-order valence-corrected chi connectivity index (χ2v) is 18.9. The van der Waals surface area contributed by atoms with Crippen LogP contribution in [0.2, 0.25) is 0 Å². The topological polar surface area (TPSA) is 87.8 Å². The van der Waals surface area contributed by atoms with E-state index < -0.39 is 0 Å². The number of hydrogen-bond acceptors (Lipinski definition) is 7. The molecular weight excluding hydrogens is 1000 g/mol. The average Bonchev–Trinajstić information content (AvgIpc) is 3.56. The molecule has 8 rings (SSSR count). The third kappa shape index (κ3) is 11.5. The summed E-state index contributed by atoms with van der Waals surface area (Å²) in [4.78, 5) is 14.2. The molecule has 4 aromatic carbocycles. The molecule has 0 spiro atoms. The average molecular weight is 1060 g/mol. The Labute approximate surface area is 418 Å². The Bertz CT molecular complexity index is 2710. The third-order valence-electron chi connectivity index (χ3n) is 11.1. The molecule has 0 unspecified atom stereocenters. The van der Waals surface area contributed by atoms with Gasteiger partial charge in [-0.25, -0.2) is 4.98 Å². The van der Waals surface area contributed by atoms with Crippen LogP contribution in [-0.4, -0.2) is 29.7 Å². The summed E-state index contributed by atoms with van der Waals surface area (Å²) < 4.78 is 16.1. The van der Waals surface area contributed by atoms with Crippen molar-refractivity contribution in [2.75, 3.05) is 0 Å². The van der Waals surface area contributed by atoms with Gasteiger partial charge in [-0.05, 0) is 29.4 Å². The van der Waals surface area contributed by atoms with Crippen molar-refractivity contribution in [1.29, 1.82) is 0 Å². The Morgan fingerprint density at radius 2 is 0.909 bits per heavy atom. The van der Waals surface area contributed by atoms with Crippen LogP contribution in [0.1, 0.15) is 103 Å². The molecular formula is C56H58N6O2Pd2. The van der Waals surface area contributed by atoms with E-state index in [-0.39, 0.29) is 46.8 Å². The predicted molar refractivity (Wildman–Crippen MR) is 257 cm³/mol. The number of pyridine rings is 2. The molecule has 0 saturated carbocycles. The number of rotatable bonds is 16. The van der Waals surface area contributed by atoms with Gasteiger partial charge >= 0.3 is 40.8 Å². The van der Waals surface area contributed by atoms with Gasteiger partial charge in [0, 0.05) is 35.4 Å². The fourth-order valence-electron chi connectivity index (χ4n) is 8.15. The van der Waals surface area contributed by atoms with Crippen LogP contribution in [0.5, 0.6) is 23.0 Å². The SMILES string of the molecule is CC(C)Cc1ccc(-c2ccccn2)[c-]c1Oc1[c-]c2c(cc1CC(C)C)c1cc(CC(C)C)c(Oc3[c-]c(-c4ccccn4)ccc3CC(C)C)[c-]c1n2-c1ncc(C(C)C)nn1.[Pd+2].[Pd+2]. The van der Waals surface area contributed by atoms with E-state index in [2.05, 4.69) is 145 Å². The summed E-state index contributed by atoms with van der Waals surface area (Å²) in [6.07, 6.45) is 8.64. The molecule has 0 bridgehead atoms. The van der Waals surface area contributed by atoms with Crippen molar-refractivity contribution in [1.82, 2.24) is 29.7 Å². The molecule has 0 aliphatic rings. The molecule has 10 heteroatoms. The quantitative estimate of drug-likeness (QED) is 0.0703. The van der Waals surface area contributed by atoms with E-state index in [9.17, 15) is 0 Å². The fourth-order valence-corrected chi connectivity index (χ4v) is 8.15. The van der Waals surface area contributed by atoms with Crippen molar-refractivity contribution >= 4 is 21.8 Å². The zero-order valence-corrected chi connectivity index (χ0v) is 42.6. The number of benzene rings is 4. The van der Waals surface area contributed by atoms with Crippen molar-refractivity contribution in [3.8, 4) is 51.5 Å². The normalized spacial score (nSPS) is 11.6. The van der Waals surface area contributed by atoms with Crippen LogP contribution in [0, 0.1) is 47.9 Å². The van der Waals surface area contributed by atoms with Crippen molar-refractivity contribution in [3.05, 3.63) is 144 Å². The number of aromatic nitrogens is 6. The molecule has 0 saturated heterocycles. The van der Waals surface area contributed by atoms with Gasteiger partial charge in [-0.1, -0.05) is 177 Å². The standard InChI is InChI=1S/C56H58N6O2.2Pd/c1-34(2)23-41-19-17-39(47-15-11-13-21-57-47)29-52(41)63-54-31-50-45(27-43(54)25-36(5)6)46-28-44(26-37(7)8)55(32-51(46)62(50)56-59-33-49(38(9)10)60-61-56)64-53-30-40(48-16-12-14-22-58-48)18-20-42(53)24-35(3)4;;/h11-22,27-28,33-38H,23-26H2,1-10H3;;/q-4;2*+2. The summed E-state index contributed by atoms with van der Waals surface area (Å²) in [7, 11) is 0. The maximum atomic E-state index is 7.07. The van der Waals surface area contributed by atoms with Crippen molar-refractivity contribution in [2.45, 2.75) is 101 Å². The molecule has 4 aromatic heterocycles. The van der Waals surface area contributed by atoms with Gasteiger partial charge in [0.25, 0.3) is 5.95 Å². The van der Waals surface area contributed by atoms with Gasteiger partial charge in [-0.3, -0.25) is 0 Å². The Balaban J connectivity index is 0.00000360. The van der Waals surface area contributed by atoms with Gasteiger partial charge in [0.1, 0.15) is 0 Å². The third-order valence-corrected chi connectivity index (χ3v) is 11.1. The summed E-state index contributed by atoms with van der Waals surface area (Å²) in [5.74, 6) is 4.68. The monoisotopic (exact) mass is 1060 g/mol. The summed E-state index contributed by atoms with van der Waals surface area (Å²) in [5, 5.41) is 11.4. The van der Waals surface area contributed by atoms with Crippen LogP contribution >= 0.6 is 0 Å². The van der Waals surface area contributed by atoms with Crippen LogP contribution in [-0.2, 0) is 66.5 Å².